The molecule has 0 saturated heterocycles. The average molecular weight is 605 g/mol. The highest BCUT2D eigenvalue weighted by atomic mass is 35.5. The Morgan fingerprint density at radius 3 is 2.10 bits per heavy atom. The first-order valence-electron chi connectivity index (χ1n) is 13.2. The maximum Gasteiger partial charge on any atom is 0.264 e. The third kappa shape index (κ3) is 7.16. The second kappa shape index (κ2) is 14.0. The number of anilines is 1. The largest absolute Gasteiger partial charge is 0.355 e. The monoisotopic (exact) mass is 603 g/mol. The second-order valence-electron chi connectivity index (χ2n) is 9.35. The zero-order valence-corrected chi connectivity index (χ0v) is 25.5. The minimum Gasteiger partial charge on any atom is -0.355 e. The Morgan fingerprint density at radius 1 is 0.900 bits per heavy atom. The van der Waals surface area contributed by atoms with E-state index < -0.39 is 28.5 Å². The number of aryl methyl sites for hydroxylation is 2. The third-order valence-corrected chi connectivity index (χ3v) is 9.14. The van der Waals surface area contributed by atoms with Crippen molar-refractivity contribution in [3.05, 3.63) is 93.5 Å². The Labute approximate surface area is 247 Å². The molecule has 0 fully saturated rings. The molecule has 0 saturated carbocycles. The Morgan fingerprint density at radius 2 is 1.52 bits per heavy atom. The number of nitrogens with one attached hydrogen (secondary N) is 1. The summed E-state index contributed by atoms with van der Waals surface area (Å²) >= 11 is 12.9. The number of carbonyl (C=O) groups is 2. The lowest BCUT2D eigenvalue weighted by molar-refractivity contribution is -0.140. The number of amides is 2. The van der Waals surface area contributed by atoms with Gasteiger partial charge in [-0.15, -0.1) is 0 Å². The van der Waals surface area contributed by atoms with E-state index in [1.165, 1.54) is 17.0 Å². The fourth-order valence-corrected chi connectivity index (χ4v) is 6.44. The number of likely N-dealkylation sites (N-methyl/N-ethyl adjacent to an activating group) is 1. The molecule has 3 aromatic rings. The fraction of sp³-hybridized carbons (Fsp3) is 0.333. The minimum atomic E-state index is -4.15. The van der Waals surface area contributed by atoms with Crippen molar-refractivity contribution < 1.29 is 18.0 Å². The van der Waals surface area contributed by atoms with Gasteiger partial charge in [-0.05, 0) is 62.6 Å². The summed E-state index contributed by atoms with van der Waals surface area (Å²) in [6.45, 7) is 7.16. The molecule has 2 amide bonds. The number of carbonyl (C=O) groups excluding carboxylic acids is 2. The molecule has 0 aromatic heterocycles. The predicted molar refractivity (Wildman–Crippen MR) is 161 cm³/mol. The number of para-hydroxylation sites is 1. The van der Waals surface area contributed by atoms with Gasteiger partial charge in [-0.2, -0.15) is 0 Å². The van der Waals surface area contributed by atoms with E-state index in [0.29, 0.717) is 40.7 Å². The molecule has 0 aliphatic heterocycles. The van der Waals surface area contributed by atoms with E-state index in [9.17, 15) is 18.0 Å². The molecule has 1 atom stereocenters. The Balaban J connectivity index is 2.14. The highest BCUT2D eigenvalue weighted by Crippen LogP contribution is 2.30. The lowest BCUT2D eigenvalue weighted by Gasteiger charge is -2.34. The zero-order chi connectivity index (χ0) is 29.4. The highest BCUT2D eigenvalue weighted by molar-refractivity contribution is 7.92. The lowest BCUT2D eigenvalue weighted by atomic mass is 10.1. The van der Waals surface area contributed by atoms with Gasteiger partial charge in [0.15, 0.2) is 0 Å². The summed E-state index contributed by atoms with van der Waals surface area (Å²) in [7, 11) is -4.15. The van der Waals surface area contributed by atoms with Gasteiger partial charge in [0.25, 0.3) is 10.0 Å². The predicted octanol–water partition coefficient (Wildman–Crippen LogP) is 6.00. The molecule has 3 rings (SSSR count). The van der Waals surface area contributed by atoms with Gasteiger partial charge in [0, 0.05) is 28.7 Å². The van der Waals surface area contributed by atoms with Gasteiger partial charge in [-0.1, -0.05) is 79.0 Å². The normalized spacial score (nSPS) is 12.1. The number of nitrogens with zero attached hydrogens (tertiary/aromatic N) is 2. The van der Waals surface area contributed by atoms with Gasteiger partial charge < -0.3 is 10.2 Å². The zero-order valence-electron chi connectivity index (χ0n) is 23.2. The molecule has 7 nitrogen and oxygen atoms in total. The van der Waals surface area contributed by atoms with Crippen molar-refractivity contribution in [3.8, 4) is 0 Å². The summed E-state index contributed by atoms with van der Waals surface area (Å²) in [6.07, 6.45) is 0.857. The summed E-state index contributed by atoms with van der Waals surface area (Å²) in [5.74, 6) is -0.904. The van der Waals surface area contributed by atoms with E-state index >= 15 is 0 Å². The van der Waals surface area contributed by atoms with Gasteiger partial charge >= 0.3 is 0 Å². The second-order valence-corrected chi connectivity index (χ2v) is 12.0. The van der Waals surface area contributed by atoms with Crippen LogP contribution in [-0.4, -0.2) is 44.3 Å². The van der Waals surface area contributed by atoms with E-state index in [1.54, 1.807) is 56.3 Å². The molecule has 40 heavy (non-hydrogen) atoms. The molecular formula is C30H35Cl2N3O4S. The van der Waals surface area contributed by atoms with Gasteiger partial charge in [0.2, 0.25) is 11.8 Å². The van der Waals surface area contributed by atoms with Gasteiger partial charge in [-0.3, -0.25) is 13.9 Å². The molecule has 0 heterocycles. The van der Waals surface area contributed by atoms with Crippen molar-refractivity contribution in [2.24, 2.45) is 0 Å². The van der Waals surface area contributed by atoms with E-state index in [4.69, 9.17) is 23.2 Å². The molecule has 10 heteroatoms. The van der Waals surface area contributed by atoms with Crippen LogP contribution in [-0.2, 0) is 32.6 Å². The maximum absolute atomic E-state index is 14.1. The Kier molecular flexibility index (Phi) is 11.0. The standard InChI is InChI=1S/C30H35Cl2N3O4S/c1-5-22-11-8-9-14-28(22)35(40(38,39)23-17-15-21(4)16-18-23)20-29(36)34(27(6-2)30(37)33-7-3)19-24-25(31)12-10-13-26(24)32/h8-18,27H,5-7,19-20H2,1-4H3,(H,33,37)/t27-/m1/s1. The minimum absolute atomic E-state index is 0.0632. The van der Waals surface area contributed by atoms with Gasteiger partial charge in [0.05, 0.1) is 10.6 Å². The molecule has 0 unspecified atom stereocenters. The first-order chi connectivity index (χ1) is 19.0. The number of hydrogen-bond donors (Lipinski definition) is 1. The number of hydrogen-bond acceptors (Lipinski definition) is 4. The molecule has 0 spiro atoms. The van der Waals surface area contributed by atoms with Crippen LogP contribution in [0.15, 0.2) is 71.6 Å². The summed E-state index contributed by atoms with van der Waals surface area (Å²) < 4.78 is 29.2. The first kappa shape index (κ1) is 31.5. The summed E-state index contributed by atoms with van der Waals surface area (Å²) in [5.41, 5.74) is 2.55. The number of sulfonamides is 1. The maximum atomic E-state index is 14.1. The molecule has 0 radical (unpaired) electrons. The van der Waals surface area contributed by atoms with Crippen molar-refractivity contribution in [2.45, 2.75) is 58.0 Å². The van der Waals surface area contributed by atoms with Crippen LogP contribution >= 0.6 is 23.2 Å². The van der Waals surface area contributed by atoms with Crippen molar-refractivity contribution in [1.29, 1.82) is 0 Å². The molecule has 214 valence electrons. The average Bonchev–Trinajstić information content (AvgIpc) is 2.93. The third-order valence-electron chi connectivity index (χ3n) is 6.66. The summed E-state index contributed by atoms with van der Waals surface area (Å²) in [6, 6.07) is 17.7. The molecule has 0 aliphatic rings. The quantitative estimate of drug-likeness (QED) is 0.275. The van der Waals surface area contributed by atoms with Crippen molar-refractivity contribution >= 4 is 50.7 Å². The summed E-state index contributed by atoms with van der Waals surface area (Å²) in [4.78, 5) is 28.7. The first-order valence-corrected chi connectivity index (χ1v) is 15.4. The van der Waals surface area contributed by atoms with E-state index in [0.717, 1.165) is 15.4 Å². The van der Waals surface area contributed by atoms with Crippen LogP contribution in [0.3, 0.4) is 0 Å². The van der Waals surface area contributed by atoms with Crippen LogP contribution in [0.4, 0.5) is 5.69 Å². The molecule has 3 aromatic carbocycles. The molecule has 0 bridgehead atoms. The van der Waals surface area contributed by atoms with Gasteiger partial charge in [-0.25, -0.2) is 8.42 Å². The molecule has 1 N–H and O–H groups in total. The topological polar surface area (TPSA) is 86.8 Å². The Hall–Kier alpha value is -3.07. The van der Waals surface area contributed by atoms with E-state index in [1.807, 2.05) is 26.0 Å². The SMILES string of the molecule is CCNC(=O)[C@@H](CC)N(Cc1c(Cl)cccc1Cl)C(=O)CN(c1ccccc1CC)S(=O)(=O)c1ccc(C)cc1. The Bertz CT molecular complexity index is 1430. The number of halogens is 2. The van der Waals surface area contributed by atoms with Crippen LogP contribution in [0.5, 0.6) is 0 Å². The van der Waals surface area contributed by atoms with Crippen LogP contribution in [0.25, 0.3) is 0 Å². The van der Waals surface area contributed by atoms with E-state index in [2.05, 4.69) is 5.32 Å². The summed E-state index contributed by atoms with van der Waals surface area (Å²) in [5, 5.41) is 3.47. The molecular weight excluding hydrogens is 569 g/mol. The van der Waals surface area contributed by atoms with Crippen LogP contribution in [0, 0.1) is 6.92 Å². The smallest absolute Gasteiger partial charge is 0.264 e. The van der Waals surface area contributed by atoms with E-state index in [-0.39, 0.29) is 17.3 Å². The number of benzene rings is 3. The van der Waals surface area contributed by atoms with Crippen LogP contribution in [0.2, 0.25) is 10.0 Å². The fourth-order valence-electron chi connectivity index (χ4n) is 4.47. The van der Waals surface area contributed by atoms with Crippen LogP contribution in [0.1, 0.15) is 43.9 Å². The van der Waals surface area contributed by atoms with Crippen molar-refractivity contribution in [2.75, 3.05) is 17.4 Å². The lowest BCUT2D eigenvalue weighted by Crippen LogP contribution is -2.52. The van der Waals surface area contributed by atoms with Crippen molar-refractivity contribution in [1.82, 2.24) is 10.2 Å². The van der Waals surface area contributed by atoms with Crippen molar-refractivity contribution in [3.63, 3.8) is 0 Å². The van der Waals surface area contributed by atoms with Crippen LogP contribution < -0.4 is 9.62 Å². The molecule has 0 aliphatic carbocycles. The van der Waals surface area contributed by atoms with Gasteiger partial charge in [0.1, 0.15) is 12.6 Å². The number of rotatable bonds is 12. The highest BCUT2D eigenvalue weighted by Gasteiger charge is 2.34.